The molecule has 4 aromatic carbocycles. The molecule has 4 aromatic rings. The van der Waals surface area contributed by atoms with Crippen LogP contribution in [0.5, 0.6) is 0 Å². The van der Waals surface area contributed by atoms with Crippen molar-refractivity contribution in [3.8, 4) is 0 Å². The van der Waals surface area contributed by atoms with Gasteiger partial charge in [0.2, 0.25) is 0 Å². The van der Waals surface area contributed by atoms with Crippen molar-refractivity contribution in [3.63, 3.8) is 0 Å². The third-order valence-corrected chi connectivity index (χ3v) is 6.45. The van der Waals surface area contributed by atoms with Crippen LogP contribution in [0.3, 0.4) is 0 Å². The molecule has 0 aromatic heterocycles. The summed E-state index contributed by atoms with van der Waals surface area (Å²) in [5, 5.41) is 0. The van der Waals surface area contributed by atoms with Crippen LogP contribution in [0.2, 0.25) is 0 Å². The van der Waals surface area contributed by atoms with Gasteiger partial charge in [0.25, 0.3) is 0 Å². The Bertz CT molecular complexity index is 1440. The standard InChI is InChI=1S/C33H24/c1-3-11-24(12-4-1)19-26-21-28(32-17-9-7-15-30(26)32)23-29-22-27(20-25-13-5-2-6-14-25)31-16-8-10-18-33(29)31/h1-21,23H,22H2/b26-19-,27-20+,29-23-. The van der Waals surface area contributed by atoms with Crippen molar-refractivity contribution in [1.82, 2.24) is 0 Å². The van der Waals surface area contributed by atoms with Crippen LogP contribution in [0.15, 0.2) is 121 Å². The third-order valence-electron chi connectivity index (χ3n) is 6.45. The first kappa shape index (κ1) is 19.5. The predicted molar refractivity (Wildman–Crippen MR) is 142 cm³/mol. The molecule has 0 atom stereocenters. The largest absolute Gasteiger partial charge is 0.0622 e. The molecule has 0 fully saturated rings. The molecule has 0 radical (unpaired) electrons. The zero-order valence-electron chi connectivity index (χ0n) is 18.4. The number of hydrogen-bond donors (Lipinski definition) is 0. The summed E-state index contributed by atoms with van der Waals surface area (Å²) >= 11 is 0. The summed E-state index contributed by atoms with van der Waals surface area (Å²) in [4.78, 5) is 0. The number of benzene rings is 4. The highest BCUT2D eigenvalue weighted by atomic mass is 14.3. The van der Waals surface area contributed by atoms with E-state index in [1.807, 2.05) is 0 Å². The quantitative estimate of drug-likeness (QED) is 0.311. The first-order valence-corrected chi connectivity index (χ1v) is 11.5. The molecule has 0 N–H and O–H groups in total. The molecular weight excluding hydrogens is 396 g/mol. The highest BCUT2D eigenvalue weighted by molar-refractivity contribution is 6.07. The second-order valence-electron chi connectivity index (χ2n) is 8.63. The Hall–Kier alpha value is -4.16. The summed E-state index contributed by atoms with van der Waals surface area (Å²) in [5.74, 6) is 0. The van der Waals surface area contributed by atoms with Gasteiger partial charge in [0.05, 0.1) is 0 Å². The molecule has 0 aliphatic heterocycles. The highest BCUT2D eigenvalue weighted by Crippen LogP contribution is 2.45. The maximum atomic E-state index is 2.40. The maximum Gasteiger partial charge on any atom is -0.00130 e. The van der Waals surface area contributed by atoms with Crippen molar-refractivity contribution < 1.29 is 0 Å². The second-order valence-corrected chi connectivity index (χ2v) is 8.63. The summed E-state index contributed by atoms with van der Waals surface area (Å²) < 4.78 is 0. The molecule has 0 heterocycles. The molecule has 0 saturated carbocycles. The van der Waals surface area contributed by atoms with Crippen LogP contribution in [0.4, 0.5) is 0 Å². The molecule has 0 amide bonds. The van der Waals surface area contributed by atoms with E-state index >= 15 is 0 Å². The number of rotatable bonds is 3. The first-order chi connectivity index (χ1) is 16.3. The molecule has 0 saturated heterocycles. The van der Waals surface area contributed by atoms with Crippen LogP contribution in [0.25, 0.3) is 34.4 Å². The third kappa shape index (κ3) is 3.81. The minimum atomic E-state index is 0.950. The zero-order valence-corrected chi connectivity index (χ0v) is 18.4. The van der Waals surface area contributed by atoms with E-state index in [0.717, 1.165) is 6.42 Å². The lowest BCUT2D eigenvalue weighted by molar-refractivity contribution is 1.52. The van der Waals surface area contributed by atoms with Crippen LogP contribution < -0.4 is 0 Å². The van der Waals surface area contributed by atoms with Gasteiger partial charge in [-0.05, 0) is 74.2 Å². The van der Waals surface area contributed by atoms with E-state index in [9.17, 15) is 0 Å². The maximum absolute atomic E-state index is 2.40. The Morgan fingerprint density at radius 1 is 0.424 bits per heavy atom. The van der Waals surface area contributed by atoms with Gasteiger partial charge in [-0.25, -0.2) is 0 Å². The van der Waals surface area contributed by atoms with Crippen molar-refractivity contribution >= 4 is 34.4 Å². The summed E-state index contributed by atoms with van der Waals surface area (Å²) in [7, 11) is 0. The number of fused-ring (bicyclic) bond motifs is 2. The fraction of sp³-hybridized carbons (Fsp3) is 0.0303. The molecule has 0 heteroatoms. The van der Waals surface area contributed by atoms with Crippen molar-refractivity contribution in [1.29, 1.82) is 0 Å². The monoisotopic (exact) mass is 420 g/mol. The normalized spacial score (nSPS) is 17.9. The summed E-state index contributed by atoms with van der Waals surface area (Å²) in [5.41, 5.74) is 13.1. The van der Waals surface area contributed by atoms with Gasteiger partial charge in [0.15, 0.2) is 0 Å². The van der Waals surface area contributed by atoms with Gasteiger partial charge < -0.3 is 0 Å². The second kappa shape index (κ2) is 8.41. The van der Waals surface area contributed by atoms with Gasteiger partial charge in [0.1, 0.15) is 0 Å². The first-order valence-electron chi connectivity index (χ1n) is 11.5. The molecule has 0 unspecified atom stereocenters. The summed E-state index contributed by atoms with van der Waals surface area (Å²) in [6.07, 6.45) is 10.3. The summed E-state index contributed by atoms with van der Waals surface area (Å²) in [6, 6.07) is 38.7. The fourth-order valence-electron chi connectivity index (χ4n) is 4.91. The molecule has 33 heavy (non-hydrogen) atoms. The predicted octanol–water partition coefficient (Wildman–Crippen LogP) is 8.65. The molecular formula is C33H24. The molecule has 6 rings (SSSR count). The van der Waals surface area contributed by atoms with Crippen LogP contribution in [0.1, 0.15) is 39.8 Å². The molecule has 2 aliphatic carbocycles. The van der Waals surface area contributed by atoms with Crippen molar-refractivity contribution in [2.75, 3.05) is 0 Å². The van der Waals surface area contributed by atoms with Gasteiger partial charge in [-0.2, -0.15) is 0 Å². The Kier molecular flexibility index (Phi) is 4.97. The highest BCUT2D eigenvalue weighted by Gasteiger charge is 2.23. The van der Waals surface area contributed by atoms with E-state index in [2.05, 4.69) is 133 Å². The topological polar surface area (TPSA) is 0 Å². The average molecular weight is 421 g/mol. The molecule has 0 spiro atoms. The van der Waals surface area contributed by atoms with Gasteiger partial charge in [-0.15, -0.1) is 0 Å². The van der Waals surface area contributed by atoms with E-state index in [4.69, 9.17) is 0 Å². The van der Waals surface area contributed by atoms with E-state index in [1.165, 1.54) is 55.7 Å². The van der Waals surface area contributed by atoms with E-state index < -0.39 is 0 Å². The van der Waals surface area contributed by atoms with Crippen molar-refractivity contribution in [2.24, 2.45) is 0 Å². The molecule has 156 valence electrons. The van der Waals surface area contributed by atoms with Crippen molar-refractivity contribution in [3.05, 3.63) is 155 Å². The summed E-state index contributed by atoms with van der Waals surface area (Å²) in [6.45, 7) is 0. The lowest BCUT2D eigenvalue weighted by atomic mass is 10.00. The van der Waals surface area contributed by atoms with Crippen molar-refractivity contribution in [2.45, 2.75) is 6.42 Å². The van der Waals surface area contributed by atoms with Crippen LogP contribution in [-0.2, 0) is 0 Å². The molecule has 0 bridgehead atoms. The van der Waals surface area contributed by atoms with Gasteiger partial charge in [-0.3, -0.25) is 0 Å². The molecule has 0 nitrogen and oxygen atoms in total. The van der Waals surface area contributed by atoms with Crippen LogP contribution >= 0.6 is 0 Å². The lowest BCUT2D eigenvalue weighted by Gasteiger charge is -2.04. The van der Waals surface area contributed by atoms with E-state index in [0.29, 0.717) is 0 Å². The van der Waals surface area contributed by atoms with Crippen LogP contribution in [-0.4, -0.2) is 0 Å². The van der Waals surface area contributed by atoms with Gasteiger partial charge >= 0.3 is 0 Å². The fourth-order valence-corrected chi connectivity index (χ4v) is 4.91. The Labute approximate surface area is 195 Å². The minimum Gasteiger partial charge on any atom is -0.0622 e. The van der Waals surface area contributed by atoms with E-state index in [1.54, 1.807) is 0 Å². The SMILES string of the molecule is C1=C(/C=C2/C/C(=C\c3ccccc3)c3ccccc32)c2ccccc2/C1=C\c1ccccc1. The Morgan fingerprint density at radius 2 is 0.909 bits per heavy atom. The Balaban J connectivity index is 1.43. The smallest absolute Gasteiger partial charge is 0.00130 e. The van der Waals surface area contributed by atoms with E-state index in [-0.39, 0.29) is 0 Å². The minimum absolute atomic E-state index is 0.950. The zero-order chi connectivity index (χ0) is 22.0. The number of allylic oxidation sites excluding steroid dienone is 6. The Morgan fingerprint density at radius 3 is 1.55 bits per heavy atom. The van der Waals surface area contributed by atoms with Gasteiger partial charge in [-0.1, -0.05) is 121 Å². The molecule has 2 aliphatic rings. The lowest BCUT2D eigenvalue weighted by Crippen LogP contribution is -1.84. The van der Waals surface area contributed by atoms with Crippen LogP contribution in [0, 0.1) is 0 Å². The van der Waals surface area contributed by atoms with Gasteiger partial charge in [0, 0.05) is 0 Å². The number of hydrogen-bond acceptors (Lipinski definition) is 0. The average Bonchev–Trinajstić information content (AvgIpc) is 3.39.